The Morgan fingerprint density at radius 1 is 1.04 bits per heavy atom. The predicted molar refractivity (Wildman–Crippen MR) is 92.8 cm³/mol. The van der Waals surface area contributed by atoms with E-state index >= 15 is 0 Å². The highest BCUT2D eigenvalue weighted by molar-refractivity contribution is 5.91. The van der Waals surface area contributed by atoms with Crippen LogP contribution < -0.4 is 9.80 Å². The Bertz CT molecular complexity index is 734. The van der Waals surface area contributed by atoms with Crippen molar-refractivity contribution in [3.8, 4) is 0 Å². The third-order valence-corrected chi connectivity index (χ3v) is 4.76. The molecule has 132 valence electrons. The van der Waals surface area contributed by atoms with Crippen molar-refractivity contribution >= 4 is 17.7 Å². The van der Waals surface area contributed by atoms with Crippen LogP contribution in [0.1, 0.15) is 29.1 Å². The van der Waals surface area contributed by atoms with Gasteiger partial charge in [0.2, 0.25) is 11.7 Å². The number of carbonyl (C=O) groups excluding carboxylic acids is 1. The maximum Gasteiger partial charge on any atom is 0.292 e. The van der Waals surface area contributed by atoms with E-state index < -0.39 is 0 Å². The van der Waals surface area contributed by atoms with Crippen LogP contribution in [0.5, 0.6) is 0 Å². The fourth-order valence-corrected chi connectivity index (χ4v) is 3.38. The minimum absolute atomic E-state index is 0.103. The molecule has 0 saturated carbocycles. The summed E-state index contributed by atoms with van der Waals surface area (Å²) in [6.45, 7) is 6.84. The SMILES string of the molecule is Cc1cc(N2CCN(C(=O)c3ccno3)CC2)nc(N2CCCC2)n1. The van der Waals surface area contributed by atoms with Crippen LogP contribution >= 0.6 is 0 Å². The first-order valence-corrected chi connectivity index (χ1v) is 8.76. The van der Waals surface area contributed by atoms with Crippen LogP contribution in [0.3, 0.4) is 0 Å². The van der Waals surface area contributed by atoms with Gasteiger partial charge in [-0.15, -0.1) is 0 Å². The van der Waals surface area contributed by atoms with Crippen LogP contribution in [0, 0.1) is 6.92 Å². The molecule has 8 heteroatoms. The summed E-state index contributed by atoms with van der Waals surface area (Å²) in [7, 11) is 0. The number of amides is 1. The molecule has 0 aromatic carbocycles. The molecular formula is C17H22N6O2. The fourth-order valence-electron chi connectivity index (χ4n) is 3.38. The summed E-state index contributed by atoms with van der Waals surface area (Å²) in [6.07, 6.45) is 3.90. The molecule has 8 nitrogen and oxygen atoms in total. The molecule has 0 unspecified atom stereocenters. The average molecular weight is 342 g/mol. The molecule has 1 amide bonds. The van der Waals surface area contributed by atoms with Gasteiger partial charge in [-0.25, -0.2) is 4.98 Å². The molecule has 2 aromatic heterocycles. The fraction of sp³-hybridized carbons (Fsp3) is 0.529. The Kier molecular flexibility index (Phi) is 4.25. The van der Waals surface area contributed by atoms with Gasteiger partial charge in [-0.05, 0) is 19.8 Å². The van der Waals surface area contributed by atoms with Crippen molar-refractivity contribution in [3.63, 3.8) is 0 Å². The zero-order valence-electron chi connectivity index (χ0n) is 14.4. The van der Waals surface area contributed by atoms with Crippen molar-refractivity contribution < 1.29 is 9.32 Å². The monoisotopic (exact) mass is 342 g/mol. The molecule has 0 spiro atoms. The summed E-state index contributed by atoms with van der Waals surface area (Å²) >= 11 is 0. The van der Waals surface area contributed by atoms with Gasteiger partial charge in [0, 0.05) is 57.1 Å². The van der Waals surface area contributed by atoms with E-state index in [2.05, 4.69) is 19.9 Å². The lowest BCUT2D eigenvalue weighted by atomic mass is 10.2. The molecule has 0 aliphatic carbocycles. The normalized spacial score (nSPS) is 18.0. The molecule has 2 aliphatic rings. The number of piperazine rings is 1. The van der Waals surface area contributed by atoms with Crippen molar-refractivity contribution in [2.45, 2.75) is 19.8 Å². The average Bonchev–Trinajstić information content (AvgIpc) is 3.34. The summed E-state index contributed by atoms with van der Waals surface area (Å²) in [5, 5.41) is 3.60. The summed E-state index contributed by atoms with van der Waals surface area (Å²) in [5.41, 5.74) is 0.979. The standard InChI is InChI=1S/C17H22N6O2/c1-13-12-15(20-17(19-13)23-6-2-3-7-23)21-8-10-22(11-9-21)16(24)14-4-5-18-25-14/h4-5,12H,2-3,6-11H2,1H3. The number of carbonyl (C=O) groups is 1. The summed E-state index contributed by atoms with van der Waals surface area (Å²) in [5.74, 6) is 1.96. The smallest absolute Gasteiger partial charge is 0.292 e. The molecular weight excluding hydrogens is 320 g/mol. The van der Waals surface area contributed by atoms with Gasteiger partial charge in [0.25, 0.3) is 5.91 Å². The van der Waals surface area contributed by atoms with E-state index in [1.54, 1.807) is 11.0 Å². The van der Waals surface area contributed by atoms with Gasteiger partial charge in [-0.1, -0.05) is 5.16 Å². The van der Waals surface area contributed by atoms with E-state index in [1.165, 1.54) is 19.0 Å². The van der Waals surface area contributed by atoms with Gasteiger partial charge < -0.3 is 19.2 Å². The van der Waals surface area contributed by atoms with E-state index in [0.29, 0.717) is 18.8 Å². The van der Waals surface area contributed by atoms with Gasteiger partial charge in [-0.3, -0.25) is 4.79 Å². The van der Waals surface area contributed by atoms with Crippen molar-refractivity contribution in [2.75, 3.05) is 49.1 Å². The highest BCUT2D eigenvalue weighted by atomic mass is 16.5. The molecule has 0 bridgehead atoms. The Balaban J connectivity index is 1.44. The van der Waals surface area contributed by atoms with Crippen LogP contribution in [0.15, 0.2) is 22.9 Å². The Labute approximate surface area is 146 Å². The predicted octanol–water partition coefficient (Wildman–Crippen LogP) is 1.34. The number of aromatic nitrogens is 3. The maximum atomic E-state index is 12.3. The van der Waals surface area contributed by atoms with E-state index in [9.17, 15) is 4.79 Å². The Morgan fingerprint density at radius 2 is 1.80 bits per heavy atom. The summed E-state index contributed by atoms with van der Waals surface area (Å²) in [4.78, 5) is 28.0. The first-order valence-electron chi connectivity index (χ1n) is 8.76. The second-order valence-corrected chi connectivity index (χ2v) is 6.52. The first kappa shape index (κ1) is 15.9. The topological polar surface area (TPSA) is 78.6 Å². The molecule has 0 N–H and O–H groups in total. The van der Waals surface area contributed by atoms with E-state index in [4.69, 9.17) is 9.51 Å². The minimum atomic E-state index is -0.103. The lowest BCUT2D eigenvalue weighted by molar-refractivity contribution is 0.0704. The second-order valence-electron chi connectivity index (χ2n) is 6.52. The van der Waals surface area contributed by atoms with E-state index in [0.717, 1.165) is 43.6 Å². The van der Waals surface area contributed by atoms with E-state index in [1.807, 2.05) is 13.0 Å². The van der Waals surface area contributed by atoms with Gasteiger partial charge in [0.05, 0.1) is 6.20 Å². The Hall–Kier alpha value is -2.64. The van der Waals surface area contributed by atoms with Gasteiger partial charge >= 0.3 is 0 Å². The van der Waals surface area contributed by atoms with Crippen molar-refractivity contribution in [1.29, 1.82) is 0 Å². The van der Waals surface area contributed by atoms with Gasteiger partial charge in [0.15, 0.2) is 0 Å². The van der Waals surface area contributed by atoms with Crippen LogP contribution in [-0.4, -0.2) is 65.2 Å². The number of hydrogen-bond donors (Lipinski definition) is 0. The number of hydrogen-bond acceptors (Lipinski definition) is 7. The van der Waals surface area contributed by atoms with Gasteiger partial charge in [0.1, 0.15) is 5.82 Å². The molecule has 2 aromatic rings. The molecule has 0 radical (unpaired) electrons. The number of rotatable bonds is 3. The number of nitrogens with zero attached hydrogens (tertiary/aromatic N) is 6. The van der Waals surface area contributed by atoms with Crippen molar-refractivity contribution in [1.82, 2.24) is 20.0 Å². The third kappa shape index (κ3) is 3.29. The second kappa shape index (κ2) is 6.70. The maximum absolute atomic E-state index is 12.3. The largest absolute Gasteiger partial charge is 0.353 e. The summed E-state index contributed by atoms with van der Waals surface area (Å²) in [6, 6.07) is 3.62. The molecule has 4 rings (SSSR count). The zero-order chi connectivity index (χ0) is 17.2. The first-order chi connectivity index (χ1) is 12.2. The third-order valence-electron chi connectivity index (χ3n) is 4.76. The molecule has 2 saturated heterocycles. The van der Waals surface area contributed by atoms with Crippen LogP contribution in [-0.2, 0) is 0 Å². The lowest BCUT2D eigenvalue weighted by Crippen LogP contribution is -2.49. The van der Waals surface area contributed by atoms with Crippen LogP contribution in [0.25, 0.3) is 0 Å². The summed E-state index contributed by atoms with van der Waals surface area (Å²) < 4.78 is 4.97. The van der Waals surface area contributed by atoms with Gasteiger partial charge in [-0.2, -0.15) is 4.98 Å². The van der Waals surface area contributed by atoms with Crippen LogP contribution in [0.4, 0.5) is 11.8 Å². The van der Waals surface area contributed by atoms with Crippen molar-refractivity contribution in [2.24, 2.45) is 0 Å². The Morgan fingerprint density at radius 3 is 2.48 bits per heavy atom. The molecule has 2 fully saturated rings. The molecule has 25 heavy (non-hydrogen) atoms. The number of aryl methyl sites for hydroxylation is 1. The van der Waals surface area contributed by atoms with Crippen LogP contribution in [0.2, 0.25) is 0 Å². The van der Waals surface area contributed by atoms with E-state index in [-0.39, 0.29) is 5.91 Å². The molecule has 4 heterocycles. The quantitative estimate of drug-likeness (QED) is 0.833. The molecule has 2 aliphatic heterocycles. The number of anilines is 2. The highest BCUT2D eigenvalue weighted by Crippen LogP contribution is 2.22. The molecule has 0 atom stereocenters. The zero-order valence-corrected chi connectivity index (χ0v) is 14.4. The highest BCUT2D eigenvalue weighted by Gasteiger charge is 2.25. The van der Waals surface area contributed by atoms with Crippen molar-refractivity contribution in [3.05, 3.63) is 29.8 Å². The lowest BCUT2D eigenvalue weighted by Gasteiger charge is -2.35. The minimum Gasteiger partial charge on any atom is -0.353 e.